The fourth-order valence-corrected chi connectivity index (χ4v) is 3.31. The van der Waals surface area contributed by atoms with Crippen LogP contribution in [0, 0.1) is 0 Å². The van der Waals surface area contributed by atoms with Crippen LogP contribution in [0.15, 0.2) is 49.1 Å². The molecular formula is C20H26N4O. The van der Waals surface area contributed by atoms with Crippen molar-refractivity contribution in [3.63, 3.8) is 0 Å². The quantitative estimate of drug-likeness (QED) is 0.809. The van der Waals surface area contributed by atoms with Crippen molar-refractivity contribution < 1.29 is 4.79 Å². The smallest absolute Gasteiger partial charge is 0.223 e. The highest BCUT2D eigenvalue weighted by molar-refractivity contribution is 5.77. The number of hydrogen-bond donors (Lipinski definition) is 0. The van der Waals surface area contributed by atoms with Crippen LogP contribution in [0.2, 0.25) is 0 Å². The Morgan fingerprint density at radius 1 is 1.20 bits per heavy atom. The summed E-state index contributed by atoms with van der Waals surface area (Å²) in [4.78, 5) is 18.8. The molecule has 1 fully saturated rings. The summed E-state index contributed by atoms with van der Waals surface area (Å²) >= 11 is 0. The van der Waals surface area contributed by atoms with E-state index in [2.05, 4.69) is 39.3 Å². The second kappa shape index (κ2) is 9.16. The SMILES string of the molecule is O=C(CCCn1cncn1)N1CCCCCC1/C=C/c1ccccc1. The number of aromatic nitrogens is 3. The van der Waals surface area contributed by atoms with Crippen molar-refractivity contribution in [1.82, 2.24) is 19.7 Å². The minimum atomic E-state index is 0.210. The molecule has 0 saturated carbocycles. The van der Waals surface area contributed by atoms with Crippen LogP contribution >= 0.6 is 0 Å². The monoisotopic (exact) mass is 338 g/mol. The van der Waals surface area contributed by atoms with E-state index >= 15 is 0 Å². The molecule has 1 aromatic heterocycles. The molecule has 0 N–H and O–H groups in total. The van der Waals surface area contributed by atoms with Gasteiger partial charge >= 0.3 is 0 Å². The van der Waals surface area contributed by atoms with Crippen molar-refractivity contribution in [2.45, 2.75) is 51.1 Å². The lowest BCUT2D eigenvalue weighted by Gasteiger charge is -2.28. The molecule has 0 radical (unpaired) electrons. The fraction of sp³-hybridized carbons (Fsp3) is 0.450. The summed E-state index contributed by atoms with van der Waals surface area (Å²) in [5.41, 5.74) is 1.19. The molecule has 1 aliphatic heterocycles. The Bertz CT molecular complexity index is 666. The summed E-state index contributed by atoms with van der Waals surface area (Å²) in [6, 6.07) is 10.5. The number of nitrogens with zero attached hydrogens (tertiary/aromatic N) is 4. The molecule has 1 aliphatic rings. The number of hydrogen-bond acceptors (Lipinski definition) is 3. The summed E-state index contributed by atoms with van der Waals surface area (Å²) in [5, 5.41) is 4.09. The van der Waals surface area contributed by atoms with Crippen LogP contribution in [0.5, 0.6) is 0 Å². The summed E-state index contributed by atoms with van der Waals surface area (Å²) in [7, 11) is 0. The van der Waals surface area contributed by atoms with Crippen LogP contribution in [-0.2, 0) is 11.3 Å². The minimum absolute atomic E-state index is 0.210. The minimum Gasteiger partial charge on any atom is -0.336 e. The highest BCUT2D eigenvalue weighted by Crippen LogP contribution is 2.20. The topological polar surface area (TPSA) is 51.0 Å². The Labute approximate surface area is 149 Å². The highest BCUT2D eigenvalue weighted by Gasteiger charge is 2.23. The second-order valence-electron chi connectivity index (χ2n) is 6.54. The lowest BCUT2D eigenvalue weighted by Crippen LogP contribution is -2.38. The maximum absolute atomic E-state index is 12.7. The molecule has 2 heterocycles. The van der Waals surface area contributed by atoms with Crippen molar-refractivity contribution in [2.24, 2.45) is 0 Å². The summed E-state index contributed by atoms with van der Waals surface area (Å²) in [6.45, 7) is 1.61. The Hall–Kier alpha value is -2.43. The molecule has 0 aliphatic carbocycles. The predicted octanol–water partition coefficient (Wildman–Crippen LogP) is 3.54. The molecule has 1 atom stereocenters. The van der Waals surface area contributed by atoms with Gasteiger partial charge in [-0.1, -0.05) is 55.3 Å². The van der Waals surface area contributed by atoms with Gasteiger partial charge in [0.2, 0.25) is 5.91 Å². The number of carbonyl (C=O) groups excluding carboxylic acids is 1. The molecule has 25 heavy (non-hydrogen) atoms. The number of likely N-dealkylation sites (tertiary alicyclic amines) is 1. The van der Waals surface area contributed by atoms with E-state index in [9.17, 15) is 4.79 Å². The van der Waals surface area contributed by atoms with Crippen molar-refractivity contribution in [3.8, 4) is 0 Å². The normalized spacial score (nSPS) is 18.4. The van der Waals surface area contributed by atoms with Gasteiger partial charge in [0.05, 0.1) is 6.04 Å². The third-order valence-electron chi connectivity index (χ3n) is 4.67. The Morgan fingerprint density at radius 3 is 2.88 bits per heavy atom. The number of rotatable bonds is 6. The van der Waals surface area contributed by atoms with Gasteiger partial charge in [-0.15, -0.1) is 0 Å². The third-order valence-corrected chi connectivity index (χ3v) is 4.67. The van der Waals surface area contributed by atoms with Gasteiger partial charge < -0.3 is 4.90 Å². The van der Waals surface area contributed by atoms with E-state index in [4.69, 9.17) is 0 Å². The van der Waals surface area contributed by atoms with Crippen LogP contribution in [0.4, 0.5) is 0 Å². The lowest BCUT2D eigenvalue weighted by molar-refractivity contribution is -0.132. The Morgan fingerprint density at radius 2 is 2.08 bits per heavy atom. The van der Waals surface area contributed by atoms with Crippen LogP contribution in [0.1, 0.15) is 44.1 Å². The van der Waals surface area contributed by atoms with E-state index in [1.54, 1.807) is 11.0 Å². The fourth-order valence-electron chi connectivity index (χ4n) is 3.31. The van der Waals surface area contributed by atoms with Crippen LogP contribution in [0.3, 0.4) is 0 Å². The van der Waals surface area contributed by atoms with E-state index < -0.39 is 0 Å². The molecule has 1 unspecified atom stereocenters. The molecule has 1 saturated heterocycles. The van der Waals surface area contributed by atoms with Crippen molar-refractivity contribution in [2.75, 3.05) is 6.54 Å². The molecule has 1 amide bonds. The van der Waals surface area contributed by atoms with Crippen molar-refractivity contribution >= 4 is 12.0 Å². The molecule has 5 heteroatoms. The molecule has 0 bridgehead atoms. The highest BCUT2D eigenvalue weighted by atomic mass is 16.2. The molecular weight excluding hydrogens is 312 g/mol. The zero-order chi connectivity index (χ0) is 17.3. The summed E-state index contributed by atoms with van der Waals surface area (Å²) in [6.07, 6.45) is 13.5. The summed E-state index contributed by atoms with van der Waals surface area (Å²) in [5.74, 6) is 0.254. The maximum Gasteiger partial charge on any atom is 0.223 e. The standard InChI is InChI=1S/C20H26N4O/c25-20(11-7-14-23-17-21-16-22-23)24-15-6-2-5-10-19(24)13-12-18-8-3-1-4-9-18/h1,3-4,8-9,12-13,16-17,19H,2,5-7,10-11,14-15H2/b13-12+. The van der Waals surface area contributed by atoms with Gasteiger partial charge in [-0.3, -0.25) is 9.48 Å². The number of benzene rings is 1. The van der Waals surface area contributed by atoms with Gasteiger partial charge in [0.1, 0.15) is 12.7 Å². The first-order chi connectivity index (χ1) is 12.3. The number of aryl methyl sites for hydroxylation is 1. The molecule has 2 aromatic rings. The third kappa shape index (κ3) is 5.28. The zero-order valence-corrected chi connectivity index (χ0v) is 14.6. The molecule has 1 aromatic carbocycles. The van der Waals surface area contributed by atoms with Gasteiger partial charge in [0, 0.05) is 19.5 Å². The van der Waals surface area contributed by atoms with Gasteiger partial charge in [-0.05, 0) is 24.8 Å². The molecule has 132 valence electrons. The van der Waals surface area contributed by atoms with Crippen molar-refractivity contribution in [1.29, 1.82) is 0 Å². The zero-order valence-electron chi connectivity index (χ0n) is 14.6. The van der Waals surface area contributed by atoms with E-state index in [-0.39, 0.29) is 11.9 Å². The van der Waals surface area contributed by atoms with Crippen LogP contribution in [0.25, 0.3) is 6.08 Å². The van der Waals surface area contributed by atoms with E-state index in [0.29, 0.717) is 6.42 Å². The Balaban J connectivity index is 1.59. The van der Waals surface area contributed by atoms with Gasteiger partial charge in [0.25, 0.3) is 0 Å². The van der Waals surface area contributed by atoms with E-state index in [0.717, 1.165) is 32.4 Å². The van der Waals surface area contributed by atoms with Gasteiger partial charge in [0.15, 0.2) is 0 Å². The Kier molecular flexibility index (Phi) is 6.37. The average molecular weight is 338 g/mol. The average Bonchev–Trinajstić information content (AvgIpc) is 3.04. The maximum atomic E-state index is 12.7. The number of carbonyl (C=O) groups is 1. The molecule has 5 nitrogen and oxygen atoms in total. The first-order valence-corrected chi connectivity index (χ1v) is 9.18. The second-order valence-corrected chi connectivity index (χ2v) is 6.54. The van der Waals surface area contributed by atoms with Gasteiger partial charge in [-0.2, -0.15) is 5.10 Å². The van der Waals surface area contributed by atoms with Crippen molar-refractivity contribution in [3.05, 3.63) is 54.6 Å². The van der Waals surface area contributed by atoms with Crippen LogP contribution in [-0.4, -0.2) is 38.2 Å². The predicted molar refractivity (Wildman–Crippen MR) is 98.7 cm³/mol. The number of amides is 1. The first-order valence-electron chi connectivity index (χ1n) is 9.18. The largest absolute Gasteiger partial charge is 0.336 e. The van der Waals surface area contributed by atoms with E-state index in [1.165, 1.54) is 24.7 Å². The molecule has 0 spiro atoms. The lowest BCUT2D eigenvalue weighted by atomic mass is 10.1. The summed E-state index contributed by atoms with van der Waals surface area (Å²) < 4.78 is 1.78. The molecule has 3 rings (SSSR count). The first kappa shape index (κ1) is 17.4. The van der Waals surface area contributed by atoms with Gasteiger partial charge in [-0.25, -0.2) is 4.98 Å². The van der Waals surface area contributed by atoms with Crippen LogP contribution < -0.4 is 0 Å². The van der Waals surface area contributed by atoms with E-state index in [1.807, 2.05) is 18.2 Å².